The van der Waals surface area contributed by atoms with Gasteiger partial charge in [0.05, 0.1) is 30.1 Å². The predicted molar refractivity (Wildman–Crippen MR) is 119 cm³/mol. The first kappa shape index (κ1) is 21.6. The van der Waals surface area contributed by atoms with Gasteiger partial charge in [-0.25, -0.2) is 19.4 Å². The number of pyridine rings is 1. The zero-order valence-electron chi connectivity index (χ0n) is 17.9. The summed E-state index contributed by atoms with van der Waals surface area (Å²) in [6, 6.07) is 5.24. The number of thiophene rings is 1. The Bertz CT molecular complexity index is 1240. The van der Waals surface area contributed by atoms with Gasteiger partial charge in [-0.05, 0) is 44.5 Å². The third-order valence-electron chi connectivity index (χ3n) is 4.93. The van der Waals surface area contributed by atoms with Crippen molar-refractivity contribution in [2.24, 2.45) is 0 Å². The van der Waals surface area contributed by atoms with E-state index in [0.29, 0.717) is 10.6 Å². The summed E-state index contributed by atoms with van der Waals surface area (Å²) in [5.74, 6) is -1.14. The molecule has 0 bridgehead atoms. The van der Waals surface area contributed by atoms with E-state index < -0.39 is 18.0 Å². The second kappa shape index (κ2) is 8.83. The number of carbonyl (C=O) groups is 3. The summed E-state index contributed by atoms with van der Waals surface area (Å²) >= 11 is 1.25. The molecule has 2 N–H and O–H groups in total. The second-order valence-corrected chi connectivity index (χ2v) is 8.19. The van der Waals surface area contributed by atoms with Crippen LogP contribution in [0.1, 0.15) is 27.9 Å². The van der Waals surface area contributed by atoms with Gasteiger partial charge in [0.15, 0.2) is 0 Å². The minimum Gasteiger partial charge on any atom is -0.463 e. The number of fused-ring (bicyclic) bond motifs is 1. The lowest BCUT2D eigenvalue weighted by atomic mass is 10.1. The second-order valence-electron chi connectivity index (χ2n) is 7.19. The molecule has 4 heterocycles. The molecule has 3 aromatic rings. The van der Waals surface area contributed by atoms with Crippen molar-refractivity contribution < 1.29 is 23.9 Å². The largest absolute Gasteiger partial charge is 0.463 e. The van der Waals surface area contributed by atoms with Crippen LogP contribution in [0.2, 0.25) is 0 Å². The van der Waals surface area contributed by atoms with E-state index in [2.05, 4.69) is 15.6 Å². The minimum absolute atomic E-state index is 0.00253. The van der Waals surface area contributed by atoms with E-state index in [-0.39, 0.29) is 31.0 Å². The van der Waals surface area contributed by atoms with Crippen LogP contribution >= 0.6 is 11.3 Å². The van der Waals surface area contributed by atoms with Gasteiger partial charge in [0.2, 0.25) is 0 Å². The molecule has 0 unspecified atom stereocenters. The molecule has 0 radical (unpaired) electrons. The number of aryl methyl sites for hydroxylation is 2. The number of rotatable bonds is 6. The number of esters is 2. The normalized spacial score (nSPS) is 13.7. The molecule has 10 heteroatoms. The van der Waals surface area contributed by atoms with Gasteiger partial charge >= 0.3 is 18.0 Å². The maximum atomic E-state index is 13.1. The Hall–Kier alpha value is -3.66. The average molecular weight is 455 g/mol. The number of carbonyl (C=O) groups excluding carboxylic acids is 3. The topological polar surface area (TPSA) is 112 Å². The van der Waals surface area contributed by atoms with E-state index in [9.17, 15) is 14.4 Å². The molecule has 0 aliphatic carbocycles. The fourth-order valence-electron chi connectivity index (χ4n) is 3.56. The van der Waals surface area contributed by atoms with Crippen LogP contribution in [0.5, 0.6) is 0 Å². The summed E-state index contributed by atoms with van der Waals surface area (Å²) in [7, 11) is 0. The van der Waals surface area contributed by atoms with Gasteiger partial charge in [-0.15, -0.1) is 11.3 Å². The highest BCUT2D eigenvalue weighted by atomic mass is 32.1. The standard InChI is InChI=1S/C22H22N4O5S/c1-4-30-20(27)14-10-23-22(29)25-15(14)11-31-21(28)18-17(26-7-5-6-8-26)16-12(2)9-13(3)24-19(16)32-18/h5-9H,4,10-11H2,1-3H3,(H2,23,25,29). The van der Waals surface area contributed by atoms with Crippen LogP contribution in [0.4, 0.5) is 4.79 Å². The van der Waals surface area contributed by atoms with Gasteiger partial charge in [0.25, 0.3) is 0 Å². The Morgan fingerprint density at radius 2 is 1.94 bits per heavy atom. The molecule has 0 spiro atoms. The van der Waals surface area contributed by atoms with Crippen molar-refractivity contribution in [3.63, 3.8) is 0 Å². The van der Waals surface area contributed by atoms with Gasteiger partial charge < -0.3 is 24.7 Å². The third kappa shape index (κ3) is 4.09. The number of nitrogens with one attached hydrogen (secondary N) is 2. The maximum Gasteiger partial charge on any atom is 0.350 e. The summed E-state index contributed by atoms with van der Waals surface area (Å²) in [6.07, 6.45) is 3.71. The molecule has 4 rings (SSSR count). The van der Waals surface area contributed by atoms with Gasteiger partial charge in [-0.1, -0.05) is 0 Å². The van der Waals surface area contributed by atoms with Crippen molar-refractivity contribution in [2.45, 2.75) is 20.8 Å². The first-order chi connectivity index (χ1) is 15.4. The summed E-state index contributed by atoms with van der Waals surface area (Å²) in [4.78, 5) is 42.8. The van der Waals surface area contributed by atoms with Crippen LogP contribution in [0.25, 0.3) is 15.9 Å². The molecule has 32 heavy (non-hydrogen) atoms. The lowest BCUT2D eigenvalue weighted by molar-refractivity contribution is -0.138. The molecule has 1 aliphatic rings. The molecule has 166 valence electrons. The summed E-state index contributed by atoms with van der Waals surface area (Å²) in [5, 5.41) is 5.93. The van der Waals surface area contributed by atoms with E-state index in [0.717, 1.165) is 21.5 Å². The Labute approximate surface area is 188 Å². The van der Waals surface area contributed by atoms with E-state index in [1.54, 1.807) is 6.92 Å². The molecular weight excluding hydrogens is 432 g/mol. The van der Waals surface area contributed by atoms with Crippen molar-refractivity contribution >= 4 is 39.5 Å². The summed E-state index contributed by atoms with van der Waals surface area (Å²) < 4.78 is 12.4. The first-order valence-electron chi connectivity index (χ1n) is 10.0. The molecule has 0 aromatic carbocycles. The van der Waals surface area contributed by atoms with Crippen molar-refractivity contribution in [3.8, 4) is 5.69 Å². The van der Waals surface area contributed by atoms with Crippen LogP contribution in [-0.4, -0.2) is 47.3 Å². The fourth-order valence-corrected chi connectivity index (χ4v) is 4.75. The van der Waals surface area contributed by atoms with Crippen LogP contribution in [0.3, 0.4) is 0 Å². The lowest BCUT2D eigenvalue weighted by Gasteiger charge is -2.21. The third-order valence-corrected chi connectivity index (χ3v) is 5.99. The van der Waals surface area contributed by atoms with Crippen molar-refractivity contribution in [1.29, 1.82) is 0 Å². The van der Waals surface area contributed by atoms with Crippen LogP contribution in [0, 0.1) is 13.8 Å². The fraction of sp³-hybridized carbons (Fsp3) is 0.273. The van der Waals surface area contributed by atoms with Crippen molar-refractivity contribution in [1.82, 2.24) is 20.2 Å². The van der Waals surface area contributed by atoms with Gasteiger partial charge in [-0.2, -0.15) is 0 Å². The van der Waals surface area contributed by atoms with E-state index in [1.807, 2.05) is 49.0 Å². The average Bonchev–Trinajstić information content (AvgIpc) is 3.39. The highest BCUT2D eigenvalue weighted by Crippen LogP contribution is 2.36. The Morgan fingerprint density at radius 1 is 1.19 bits per heavy atom. The molecule has 0 fully saturated rings. The number of nitrogens with zero attached hydrogens (tertiary/aromatic N) is 2. The minimum atomic E-state index is -0.573. The number of ether oxygens (including phenoxy) is 2. The molecular formula is C22H22N4O5S. The molecule has 2 amide bonds. The quantitative estimate of drug-likeness (QED) is 0.554. The highest BCUT2D eigenvalue weighted by Gasteiger charge is 2.27. The smallest absolute Gasteiger partial charge is 0.350 e. The van der Waals surface area contributed by atoms with E-state index >= 15 is 0 Å². The van der Waals surface area contributed by atoms with Crippen LogP contribution in [-0.2, 0) is 14.3 Å². The van der Waals surface area contributed by atoms with Crippen molar-refractivity contribution in [3.05, 3.63) is 58.0 Å². The Balaban J connectivity index is 1.68. The zero-order chi connectivity index (χ0) is 22.8. The SMILES string of the molecule is CCOC(=O)C1=C(COC(=O)c2sc3nc(C)cc(C)c3c2-n2cccc2)NC(=O)NC1. The Morgan fingerprint density at radius 3 is 2.66 bits per heavy atom. The Kier molecular flexibility index (Phi) is 5.95. The number of hydrogen-bond donors (Lipinski definition) is 2. The van der Waals surface area contributed by atoms with Crippen molar-refractivity contribution in [2.75, 3.05) is 19.8 Å². The van der Waals surface area contributed by atoms with E-state index in [4.69, 9.17) is 9.47 Å². The monoisotopic (exact) mass is 454 g/mol. The van der Waals surface area contributed by atoms with Crippen LogP contribution in [0.15, 0.2) is 41.9 Å². The first-order valence-corrected chi connectivity index (χ1v) is 10.9. The lowest BCUT2D eigenvalue weighted by Crippen LogP contribution is -2.45. The van der Waals surface area contributed by atoms with Gasteiger partial charge in [-0.3, -0.25) is 0 Å². The molecule has 3 aromatic heterocycles. The predicted octanol–water partition coefficient (Wildman–Crippen LogP) is 2.99. The maximum absolute atomic E-state index is 13.1. The molecule has 0 atom stereocenters. The number of aromatic nitrogens is 2. The molecule has 1 aliphatic heterocycles. The van der Waals surface area contributed by atoms with Crippen LogP contribution < -0.4 is 10.6 Å². The zero-order valence-corrected chi connectivity index (χ0v) is 18.7. The highest BCUT2D eigenvalue weighted by molar-refractivity contribution is 7.21. The number of amides is 2. The van der Waals surface area contributed by atoms with E-state index in [1.165, 1.54) is 11.3 Å². The molecule has 0 saturated heterocycles. The summed E-state index contributed by atoms with van der Waals surface area (Å²) in [5.41, 5.74) is 2.98. The molecule has 9 nitrogen and oxygen atoms in total. The number of hydrogen-bond acceptors (Lipinski definition) is 7. The van der Waals surface area contributed by atoms with Gasteiger partial charge in [0, 0.05) is 23.5 Å². The summed E-state index contributed by atoms with van der Waals surface area (Å²) in [6.45, 7) is 5.49. The van der Waals surface area contributed by atoms with Gasteiger partial charge in [0.1, 0.15) is 16.3 Å². The molecule has 0 saturated carbocycles. The number of urea groups is 1.